The standard InChI is InChI=1S/C22H17Cl2F3N4O3/c1-13-21(10-30-12-28-11-29-30,17-7-6-16(23)8-18(17)24)34-19(32)9-31(13)20(33)14-2-4-15(5-3-14)22(25,26)27/h2-8,11-13H,9-10H2,1H3/t13-,21+/m0/s1. The van der Waals surface area contributed by atoms with E-state index in [4.69, 9.17) is 27.9 Å². The number of esters is 1. The lowest BCUT2D eigenvalue weighted by Gasteiger charge is -2.47. The van der Waals surface area contributed by atoms with E-state index in [0.717, 1.165) is 24.3 Å². The van der Waals surface area contributed by atoms with Crippen LogP contribution >= 0.6 is 23.2 Å². The number of benzene rings is 2. The molecule has 0 saturated carbocycles. The number of rotatable bonds is 4. The molecular formula is C22H17Cl2F3N4O3. The molecule has 1 aliphatic rings. The maximum Gasteiger partial charge on any atom is 0.416 e. The van der Waals surface area contributed by atoms with E-state index in [1.54, 1.807) is 19.1 Å². The Morgan fingerprint density at radius 2 is 1.91 bits per heavy atom. The lowest BCUT2D eigenvalue weighted by molar-refractivity contribution is -0.186. The minimum atomic E-state index is -4.54. The van der Waals surface area contributed by atoms with Crippen molar-refractivity contribution >= 4 is 35.1 Å². The maximum absolute atomic E-state index is 13.3. The van der Waals surface area contributed by atoms with E-state index in [1.807, 2.05) is 0 Å². The number of amides is 1. The Morgan fingerprint density at radius 1 is 1.21 bits per heavy atom. The molecule has 4 rings (SSSR count). The molecule has 0 unspecified atom stereocenters. The SMILES string of the molecule is C[C@@H]1N(C(=O)c2ccc(C(F)(F)F)cc2)CC(=O)O[C@@]1(Cn1cncn1)c1ccc(Cl)cc1Cl. The highest BCUT2D eigenvalue weighted by Gasteiger charge is 2.52. The van der Waals surface area contributed by atoms with Gasteiger partial charge < -0.3 is 9.64 Å². The summed E-state index contributed by atoms with van der Waals surface area (Å²) >= 11 is 12.5. The third-order valence-corrected chi connectivity index (χ3v) is 6.26. The van der Waals surface area contributed by atoms with Gasteiger partial charge in [-0.3, -0.25) is 9.59 Å². The number of alkyl halides is 3. The zero-order valence-corrected chi connectivity index (χ0v) is 19.1. The Labute approximate surface area is 202 Å². The molecule has 7 nitrogen and oxygen atoms in total. The third-order valence-electron chi connectivity index (χ3n) is 5.71. The molecule has 2 heterocycles. The van der Waals surface area contributed by atoms with Gasteiger partial charge in [0.2, 0.25) is 0 Å². The molecule has 0 bridgehead atoms. The van der Waals surface area contributed by atoms with Gasteiger partial charge in [0.05, 0.1) is 18.2 Å². The molecule has 0 aliphatic carbocycles. The van der Waals surface area contributed by atoms with Crippen LogP contribution in [0.5, 0.6) is 0 Å². The minimum Gasteiger partial charge on any atom is -0.449 e. The average Bonchev–Trinajstić information content (AvgIpc) is 3.28. The van der Waals surface area contributed by atoms with Gasteiger partial charge in [-0.15, -0.1) is 0 Å². The van der Waals surface area contributed by atoms with Crippen molar-refractivity contribution in [3.8, 4) is 0 Å². The highest BCUT2D eigenvalue weighted by molar-refractivity contribution is 6.35. The van der Waals surface area contributed by atoms with Crippen LogP contribution in [-0.2, 0) is 27.9 Å². The van der Waals surface area contributed by atoms with Crippen LogP contribution in [0.15, 0.2) is 55.1 Å². The Balaban J connectivity index is 1.77. The van der Waals surface area contributed by atoms with Crippen LogP contribution < -0.4 is 0 Å². The van der Waals surface area contributed by atoms with Gasteiger partial charge in [-0.05, 0) is 43.3 Å². The molecule has 178 valence electrons. The number of nitrogens with zero attached hydrogens (tertiary/aromatic N) is 4. The minimum absolute atomic E-state index is 0.00795. The van der Waals surface area contributed by atoms with E-state index in [2.05, 4.69) is 10.1 Å². The molecule has 1 amide bonds. The Kier molecular flexibility index (Phi) is 6.30. The lowest BCUT2D eigenvalue weighted by atomic mass is 9.84. The molecule has 0 N–H and O–H groups in total. The fourth-order valence-electron chi connectivity index (χ4n) is 3.98. The first-order chi connectivity index (χ1) is 16.0. The molecule has 1 aromatic heterocycles. The number of halogens is 5. The van der Waals surface area contributed by atoms with Gasteiger partial charge in [-0.1, -0.05) is 29.3 Å². The summed E-state index contributed by atoms with van der Waals surface area (Å²) in [7, 11) is 0. The number of hydrogen-bond donors (Lipinski definition) is 0. The van der Waals surface area contributed by atoms with Gasteiger partial charge in [-0.25, -0.2) is 9.67 Å². The largest absolute Gasteiger partial charge is 0.449 e. The molecule has 34 heavy (non-hydrogen) atoms. The summed E-state index contributed by atoms with van der Waals surface area (Å²) in [6, 6.07) is 7.65. The summed E-state index contributed by atoms with van der Waals surface area (Å²) in [5.74, 6) is -1.35. The summed E-state index contributed by atoms with van der Waals surface area (Å²) in [4.78, 5) is 31.2. The van der Waals surface area contributed by atoms with Crippen LogP contribution in [0.4, 0.5) is 13.2 Å². The summed E-state index contributed by atoms with van der Waals surface area (Å²) < 4.78 is 46.1. The van der Waals surface area contributed by atoms with Gasteiger partial charge in [0.25, 0.3) is 5.91 Å². The van der Waals surface area contributed by atoms with E-state index >= 15 is 0 Å². The van der Waals surface area contributed by atoms with Gasteiger partial charge in [-0.2, -0.15) is 18.3 Å². The first-order valence-corrected chi connectivity index (χ1v) is 10.7. The summed E-state index contributed by atoms with van der Waals surface area (Å²) in [5.41, 5.74) is -1.98. The number of aromatic nitrogens is 3. The van der Waals surface area contributed by atoms with Crippen LogP contribution in [0.1, 0.15) is 28.4 Å². The number of carbonyl (C=O) groups excluding carboxylic acids is 2. The van der Waals surface area contributed by atoms with Crippen molar-refractivity contribution in [1.82, 2.24) is 19.7 Å². The number of hydrogen-bond acceptors (Lipinski definition) is 5. The molecule has 1 aliphatic heterocycles. The van der Waals surface area contributed by atoms with Crippen molar-refractivity contribution in [2.24, 2.45) is 0 Å². The average molecular weight is 513 g/mol. The van der Waals surface area contributed by atoms with Gasteiger partial charge >= 0.3 is 12.1 Å². The first kappa shape index (κ1) is 24.0. The third kappa shape index (κ3) is 4.47. The molecule has 0 spiro atoms. The topological polar surface area (TPSA) is 77.3 Å². The molecular weight excluding hydrogens is 496 g/mol. The normalized spacial score (nSPS) is 20.8. The fraction of sp³-hybridized carbons (Fsp3) is 0.273. The lowest BCUT2D eigenvalue weighted by Crippen LogP contribution is -2.61. The Hall–Kier alpha value is -3.11. The first-order valence-electron chi connectivity index (χ1n) is 9.99. The summed E-state index contributed by atoms with van der Waals surface area (Å²) in [5, 5.41) is 4.65. The second-order valence-corrected chi connectivity index (χ2v) is 8.61. The molecule has 1 fully saturated rings. The van der Waals surface area contributed by atoms with Crippen molar-refractivity contribution in [3.63, 3.8) is 0 Å². The van der Waals surface area contributed by atoms with Crippen molar-refractivity contribution in [1.29, 1.82) is 0 Å². The zero-order valence-electron chi connectivity index (χ0n) is 17.6. The Bertz CT molecular complexity index is 1220. The van der Waals surface area contributed by atoms with Crippen molar-refractivity contribution < 1.29 is 27.5 Å². The predicted molar refractivity (Wildman–Crippen MR) is 116 cm³/mol. The van der Waals surface area contributed by atoms with Crippen molar-refractivity contribution in [2.75, 3.05) is 6.54 Å². The van der Waals surface area contributed by atoms with Gasteiger partial charge in [0.15, 0.2) is 5.60 Å². The van der Waals surface area contributed by atoms with Crippen LogP contribution in [0.25, 0.3) is 0 Å². The van der Waals surface area contributed by atoms with Gasteiger partial charge in [0, 0.05) is 21.2 Å². The second kappa shape index (κ2) is 8.92. The fourth-order valence-corrected chi connectivity index (χ4v) is 4.55. The quantitative estimate of drug-likeness (QED) is 0.478. The van der Waals surface area contributed by atoms with Crippen molar-refractivity contribution in [3.05, 3.63) is 81.9 Å². The number of cyclic esters (lactones) is 1. The highest BCUT2D eigenvalue weighted by Crippen LogP contribution is 2.42. The highest BCUT2D eigenvalue weighted by atomic mass is 35.5. The smallest absolute Gasteiger partial charge is 0.416 e. The number of ether oxygens (including phenoxy) is 1. The summed E-state index contributed by atoms with van der Waals surface area (Å²) in [6.45, 7) is 1.24. The van der Waals surface area contributed by atoms with Crippen LogP contribution in [0.2, 0.25) is 10.0 Å². The molecule has 1 saturated heterocycles. The van der Waals surface area contributed by atoms with Crippen LogP contribution in [0, 0.1) is 0 Å². The number of carbonyl (C=O) groups is 2. The molecule has 3 aromatic rings. The van der Waals surface area contributed by atoms with E-state index in [9.17, 15) is 22.8 Å². The monoisotopic (exact) mass is 512 g/mol. The summed E-state index contributed by atoms with van der Waals surface area (Å²) in [6.07, 6.45) is -1.82. The van der Waals surface area contributed by atoms with E-state index in [1.165, 1.54) is 28.3 Å². The number of morpholine rings is 1. The maximum atomic E-state index is 13.3. The van der Waals surface area contributed by atoms with E-state index < -0.39 is 41.8 Å². The van der Waals surface area contributed by atoms with E-state index in [0.29, 0.717) is 10.6 Å². The second-order valence-electron chi connectivity index (χ2n) is 7.76. The molecule has 12 heteroatoms. The molecule has 0 radical (unpaired) electrons. The van der Waals surface area contributed by atoms with Crippen molar-refractivity contribution in [2.45, 2.75) is 31.3 Å². The molecule has 2 aromatic carbocycles. The predicted octanol–water partition coefficient (Wildman–Crippen LogP) is 4.59. The Morgan fingerprint density at radius 3 is 2.50 bits per heavy atom. The van der Waals surface area contributed by atoms with Crippen LogP contribution in [-0.4, -0.2) is 44.1 Å². The molecule has 2 atom stereocenters. The van der Waals surface area contributed by atoms with E-state index in [-0.39, 0.29) is 17.1 Å². The zero-order chi connectivity index (χ0) is 24.7. The van der Waals surface area contributed by atoms with Gasteiger partial charge in [0.1, 0.15) is 19.2 Å². The van der Waals surface area contributed by atoms with Crippen LogP contribution in [0.3, 0.4) is 0 Å².